The minimum atomic E-state index is -0.177. The van der Waals surface area contributed by atoms with Crippen LogP contribution in [-0.4, -0.2) is 38.4 Å². The molecule has 1 amide bonds. The van der Waals surface area contributed by atoms with E-state index in [1.807, 2.05) is 36.4 Å². The number of rotatable bonds is 10. The van der Waals surface area contributed by atoms with Gasteiger partial charge in [0.25, 0.3) is 0 Å². The molecule has 1 atom stereocenters. The van der Waals surface area contributed by atoms with Crippen LogP contribution in [0, 0.1) is 0 Å². The van der Waals surface area contributed by atoms with Crippen LogP contribution in [0.2, 0.25) is 0 Å². The number of ether oxygens (including phenoxy) is 3. The van der Waals surface area contributed by atoms with Gasteiger partial charge in [-0.2, -0.15) is 0 Å². The summed E-state index contributed by atoms with van der Waals surface area (Å²) in [7, 11) is 0. The molecule has 148 valence electrons. The molecule has 0 bridgehead atoms. The summed E-state index contributed by atoms with van der Waals surface area (Å²) in [6.45, 7) is 5.43. The smallest absolute Gasteiger partial charge is 0.243 e. The minimum Gasteiger partial charge on any atom is -0.489 e. The highest BCUT2D eigenvalue weighted by Crippen LogP contribution is 2.26. The molecular formula is C22H26N2O4. The maximum atomic E-state index is 12.4. The number of benzene rings is 2. The molecule has 6 heteroatoms. The van der Waals surface area contributed by atoms with Gasteiger partial charge in [0, 0.05) is 6.61 Å². The van der Waals surface area contributed by atoms with Gasteiger partial charge < -0.3 is 24.8 Å². The standard InChI is InChI=1S/C22H26N2O4/c1-2-13-27-21-12-6-4-10-19(21)24-22(25)15-23-18-9-3-5-11-20(18)28-16-17-8-7-14-26-17/h2-6,9-12,17,23H,1,7-8,13-16H2,(H,24,25). The molecule has 28 heavy (non-hydrogen) atoms. The zero-order chi connectivity index (χ0) is 19.6. The highest BCUT2D eigenvalue weighted by atomic mass is 16.5. The van der Waals surface area contributed by atoms with Gasteiger partial charge >= 0.3 is 0 Å². The molecule has 3 rings (SSSR count). The molecule has 1 aliphatic heterocycles. The van der Waals surface area contributed by atoms with Gasteiger partial charge in [0.15, 0.2) is 0 Å². The lowest BCUT2D eigenvalue weighted by Crippen LogP contribution is -2.23. The summed E-state index contributed by atoms with van der Waals surface area (Å²) >= 11 is 0. The second-order valence-corrected chi connectivity index (χ2v) is 6.44. The largest absolute Gasteiger partial charge is 0.489 e. The Morgan fingerprint density at radius 2 is 1.82 bits per heavy atom. The van der Waals surface area contributed by atoms with Crippen LogP contribution in [0.1, 0.15) is 12.8 Å². The second-order valence-electron chi connectivity index (χ2n) is 6.44. The number of hydrogen-bond acceptors (Lipinski definition) is 5. The number of amides is 1. The average Bonchev–Trinajstić information content (AvgIpc) is 3.24. The molecular weight excluding hydrogens is 356 g/mol. The number of nitrogens with one attached hydrogen (secondary N) is 2. The van der Waals surface area contributed by atoms with E-state index in [1.165, 1.54) is 0 Å². The Morgan fingerprint density at radius 1 is 1.11 bits per heavy atom. The molecule has 1 saturated heterocycles. The molecule has 6 nitrogen and oxygen atoms in total. The molecule has 0 aliphatic carbocycles. The third-order valence-electron chi connectivity index (χ3n) is 4.29. The molecule has 2 aromatic rings. The third-order valence-corrected chi connectivity index (χ3v) is 4.29. The van der Waals surface area contributed by atoms with Crippen molar-refractivity contribution in [3.05, 3.63) is 61.2 Å². The molecule has 0 saturated carbocycles. The summed E-state index contributed by atoms with van der Waals surface area (Å²) in [6.07, 6.45) is 3.90. The Bertz CT molecular complexity index is 788. The van der Waals surface area contributed by atoms with Gasteiger partial charge in [0.05, 0.1) is 24.0 Å². The number of para-hydroxylation sites is 4. The summed E-state index contributed by atoms with van der Waals surface area (Å²) in [5.41, 5.74) is 1.39. The highest BCUT2D eigenvalue weighted by Gasteiger charge is 2.17. The number of carbonyl (C=O) groups excluding carboxylic acids is 1. The quantitative estimate of drug-likeness (QED) is 0.611. The van der Waals surface area contributed by atoms with Crippen molar-refractivity contribution >= 4 is 17.3 Å². The SMILES string of the molecule is C=CCOc1ccccc1NC(=O)CNc1ccccc1OCC1CCCO1. The second kappa shape index (κ2) is 10.4. The van der Waals surface area contributed by atoms with E-state index in [-0.39, 0.29) is 18.6 Å². The van der Waals surface area contributed by atoms with E-state index in [1.54, 1.807) is 18.2 Å². The Morgan fingerprint density at radius 3 is 2.54 bits per heavy atom. The van der Waals surface area contributed by atoms with Gasteiger partial charge in [-0.15, -0.1) is 0 Å². The molecule has 0 spiro atoms. The Balaban J connectivity index is 1.54. The first-order valence-corrected chi connectivity index (χ1v) is 9.46. The van der Waals surface area contributed by atoms with E-state index in [0.29, 0.717) is 30.4 Å². The van der Waals surface area contributed by atoms with Crippen molar-refractivity contribution in [1.82, 2.24) is 0 Å². The summed E-state index contributed by atoms with van der Waals surface area (Å²) < 4.78 is 17.0. The fourth-order valence-electron chi connectivity index (χ4n) is 2.91. The lowest BCUT2D eigenvalue weighted by atomic mass is 10.2. The maximum Gasteiger partial charge on any atom is 0.243 e. The molecule has 0 radical (unpaired) electrons. The molecule has 0 aromatic heterocycles. The number of anilines is 2. The first kappa shape index (κ1) is 19.8. The van der Waals surface area contributed by atoms with Crippen LogP contribution in [0.25, 0.3) is 0 Å². The maximum absolute atomic E-state index is 12.4. The monoisotopic (exact) mass is 382 g/mol. The predicted molar refractivity (Wildman–Crippen MR) is 110 cm³/mol. The van der Waals surface area contributed by atoms with Gasteiger partial charge in [0.2, 0.25) is 5.91 Å². The van der Waals surface area contributed by atoms with E-state index < -0.39 is 0 Å². The first-order chi connectivity index (χ1) is 13.8. The topological polar surface area (TPSA) is 68.8 Å². The zero-order valence-electron chi connectivity index (χ0n) is 15.9. The summed E-state index contributed by atoms with van der Waals surface area (Å²) in [5, 5.41) is 6.00. The van der Waals surface area contributed by atoms with Crippen molar-refractivity contribution in [3.8, 4) is 11.5 Å². The van der Waals surface area contributed by atoms with Crippen molar-refractivity contribution in [2.75, 3.05) is 37.0 Å². The van der Waals surface area contributed by atoms with E-state index in [0.717, 1.165) is 25.1 Å². The van der Waals surface area contributed by atoms with E-state index in [4.69, 9.17) is 14.2 Å². The van der Waals surface area contributed by atoms with E-state index in [2.05, 4.69) is 17.2 Å². The van der Waals surface area contributed by atoms with Crippen LogP contribution in [0.5, 0.6) is 11.5 Å². The fraction of sp³-hybridized carbons (Fsp3) is 0.318. The van der Waals surface area contributed by atoms with Crippen molar-refractivity contribution in [2.24, 2.45) is 0 Å². The number of hydrogen-bond donors (Lipinski definition) is 2. The van der Waals surface area contributed by atoms with Gasteiger partial charge in [-0.1, -0.05) is 36.9 Å². The normalized spacial score (nSPS) is 15.6. The predicted octanol–water partition coefficient (Wildman–Crippen LogP) is 3.86. The summed E-state index contributed by atoms with van der Waals surface area (Å²) in [6, 6.07) is 14.9. The third kappa shape index (κ3) is 5.76. The van der Waals surface area contributed by atoms with Crippen molar-refractivity contribution in [2.45, 2.75) is 18.9 Å². The molecule has 2 N–H and O–H groups in total. The van der Waals surface area contributed by atoms with Crippen LogP contribution < -0.4 is 20.1 Å². The van der Waals surface area contributed by atoms with Gasteiger partial charge in [-0.25, -0.2) is 0 Å². The molecule has 1 unspecified atom stereocenters. The van der Waals surface area contributed by atoms with E-state index >= 15 is 0 Å². The van der Waals surface area contributed by atoms with Crippen molar-refractivity contribution < 1.29 is 19.0 Å². The van der Waals surface area contributed by atoms with Crippen LogP contribution in [0.15, 0.2) is 61.2 Å². The van der Waals surface area contributed by atoms with E-state index in [9.17, 15) is 4.79 Å². The van der Waals surface area contributed by atoms with Crippen LogP contribution in [0.4, 0.5) is 11.4 Å². The lowest BCUT2D eigenvalue weighted by molar-refractivity contribution is -0.114. The molecule has 1 fully saturated rings. The first-order valence-electron chi connectivity index (χ1n) is 9.46. The Labute approximate surface area is 165 Å². The van der Waals surface area contributed by atoms with Crippen molar-refractivity contribution in [3.63, 3.8) is 0 Å². The summed E-state index contributed by atoms with van der Waals surface area (Å²) in [5.74, 6) is 1.14. The molecule has 2 aromatic carbocycles. The van der Waals surface area contributed by atoms with Gasteiger partial charge in [0.1, 0.15) is 24.7 Å². The highest BCUT2D eigenvalue weighted by molar-refractivity contribution is 5.95. The Hall–Kier alpha value is -2.99. The van der Waals surface area contributed by atoms with Crippen molar-refractivity contribution in [1.29, 1.82) is 0 Å². The number of carbonyl (C=O) groups is 1. The van der Waals surface area contributed by atoms with Gasteiger partial charge in [-0.3, -0.25) is 4.79 Å². The fourth-order valence-corrected chi connectivity index (χ4v) is 2.91. The van der Waals surface area contributed by atoms with Crippen LogP contribution >= 0.6 is 0 Å². The van der Waals surface area contributed by atoms with Crippen LogP contribution in [-0.2, 0) is 9.53 Å². The summed E-state index contributed by atoms with van der Waals surface area (Å²) in [4.78, 5) is 12.4. The van der Waals surface area contributed by atoms with Gasteiger partial charge in [-0.05, 0) is 37.1 Å². The average molecular weight is 382 g/mol. The zero-order valence-corrected chi connectivity index (χ0v) is 15.9. The Kier molecular flexibility index (Phi) is 7.32. The molecule has 1 aliphatic rings. The minimum absolute atomic E-state index is 0.107. The molecule has 1 heterocycles. The lowest BCUT2D eigenvalue weighted by Gasteiger charge is -2.16. The van der Waals surface area contributed by atoms with Crippen LogP contribution in [0.3, 0.4) is 0 Å².